The molecule has 104 valence electrons. The monoisotopic (exact) mass is 300 g/mol. The van der Waals surface area contributed by atoms with Crippen molar-refractivity contribution in [3.05, 3.63) is 64.2 Å². The Morgan fingerprint density at radius 3 is 2.24 bits per heavy atom. The number of hydrogen-bond donors (Lipinski definition) is 2. The maximum atomic E-state index is 12.0. The molecule has 0 bridgehead atoms. The number of rotatable bonds is 3. The van der Waals surface area contributed by atoms with Crippen LogP contribution < -0.4 is 5.32 Å². The quantitative estimate of drug-likeness (QED) is 0.911. The van der Waals surface area contributed by atoms with Crippen LogP contribution in [-0.2, 0) is 0 Å². The molecule has 21 heavy (non-hydrogen) atoms. The Kier molecular flexibility index (Phi) is 4.21. The van der Waals surface area contributed by atoms with E-state index in [0.717, 1.165) is 0 Å². The van der Waals surface area contributed by atoms with Gasteiger partial charge in [0, 0.05) is 5.56 Å². The largest absolute Gasteiger partial charge is 0.478 e. The Hall–Kier alpha value is -2.84. The highest BCUT2D eigenvalue weighted by Gasteiger charge is 2.11. The van der Waals surface area contributed by atoms with E-state index >= 15 is 0 Å². The maximum Gasteiger partial charge on any atom is 0.335 e. The summed E-state index contributed by atoms with van der Waals surface area (Å²) in [5, 5.41) is 20.3. The Balaban J connectivity index is 2.19. The smallest absolute Gasteiger partial charge is 0.335 e. The molecule has 2 rings (SSSR count). The Morgan fingerprint density at radius 2 is 1.71 bits per heavy atom. The highest BCUT2D eigenvalue weighted by Crippen LogP contribution is 2.23. The number of nitriles is 1. The number of halogens is 1. The zero-order chi connectivity index (χ0) is 15.4. The summed E-state index contributed by atoms with van der Waals surface area (Å²) >= 11 is 5.93. The van der Waals surface area contributed by atoms with Crippen LogP contribution in [0.3, 0.4) is 0 Å². The lowest BCUT2D eigenvalue weighted by molar-refractivity contribution is 0.0696. The molecule has 0 fully saturated rings. The third-order valence-electron chi connectivity index (χ3n) is 2.74. The van der Waals surface area contributed by atoms with Gasteiger partial charge in [0.2, 0.25) is 0 Å². The van der Waals surface area contributed by atoms with Gasteiger partial charge >= 0.3 is 5.97 Å². The lowest BCUT2D eigenvalue weighted by Gasteiger charge is -2.08. The van der Waals surface area contributed by atoms with Crippen LogP contribution in [0.4, 0.5) is 5.69 Å². The van der Waals surface area contributed by atoms with Gasteiger partial charge in [0.1, 0.15) is 0 Å². The molecule has 2 aromatic rings. The highest BCUT2D eigenvalue weighted by molar-refractivity contribution is 6.34. The van der Waals surface area contributed by atoms with Crippen LogP contribution in [0.25, 0.3) is 0 Å². The molecule has 0 spiro atoms. The van der Waals surface area contributed by atoms with Crippen LogP contribution in [-0.4, -0.2) is 17.0 Å². The molecule has 0 aliphatic carbocycles. The van der Waals surface area contributed by atoms with Crippen molar-refractivity contribution in [1.82, 2.24) is 0 Å². The predicted octanol–water partition coefficient (Wildman–Crippen LogP) is 3.16. The number of benzene rings is 2. The van der Waals surface area contributed by atoms with Gasteiger partial charge in [0.15, 0.2) is 0 Å². The average molecular weight is 301 g/mol. The van der Waals surface area contributed by atoms with Crippen molar-refractivity contribution in [3.63, 3.8) is 0 Å². The van der Waals surface area contributed by atoms with Gasteiger partial charge in [-0.15, -0.1) is 0 Å². The van der Waals surface area contributed by atoms with E-state index in [1.54, 1.807) is 0 Å². The third-order valence-corrected chi connectivity index (χ3v) is 3.05. The van der Waals surface area contributed by atoms with Gasteiger partial charge < -0.3 is 10.4 Å². The molecule has 2 N–H and O–H groups in total. The SMILES string of the molecule is N#Cc1ccc(C(=O)Nc2ccc(C(=O)O)cc2Cl)cc1. The number of carbonyl (C=O) groups is 2. The third kappa shape index (κ3) is 3.38. The first-order valence-electron chi connectivity index (χ1n) is 5.85. The van der Waals surface area contributed by atoms with E-state index in [0.29, 0.717) is 16.8 Å². The first-order chi connectivity index (χ1) is 10.0. The molecular weight excluding hydrogens is 292 g/mol. The van der Waals surface area contributed by atoms with Gasteiger partial charge in [0.05, 0.1) is 27.9 Å². The van der Waals surface area contributed by atoms with E-state index in [1.165, 1.54) is 42.5 Å². The number of carbonyl (C=O) groups excluding carboxylic acids is 1. The summed E-state index contributed by atoms with van der Waals surface area (Å²) in [7, 11) is 0. The van der Waals surface area contributed by atoms with Crippen molar-refractivity contribution in [2.24, 2.45) is 0 Å². The molecule has 2 aromatic carbocycles. The van der Waals surface area contributed by atoms with Crippen LogP contribution >= 0.6 is 11.6 Å². The lowest BCUT2D eigenvalue weighted by atomic mass is 10.1. The lowest BCUT2D eigenvalue weighted by Crippen LogP contribution is -2.12. The zero-order valence-corrected chi connectivity index (χ0v) is 11.4. The molecule has 1 amide bonds. The fraction of sp³-hybridized carbons (Fsp3) is 0. The number of nitrogens with zero attached hydrogens (tertiary/aromatic N) is 1. The maximum absolute atomic E-state index is 12.0. The summed E-state index contributed by atoms with van der Waals surface area (Å²) in [5.74, 6) is -1.49. The molecule has 0 aliphatic rings. The average Bonchev–Trinajstić information content (AvgIpc) is 2.49. The summed E-state index contributed by atoms with van der Waals surface area (Å²) < 4.78 is 0. The van der Waals surface area contributed by atoms with E-state index in [9.17, 15) is 9.59 Å². The normalized spacial score (nSPS) is 9.71. The first kappa shape index (κ1) is 14.6. The van der Waals surface area contributed by atoms with Crippen LogP contribution in [0.1, 0.15) is 26.3 Å². The molecule has 0 saturated heterocycles. The van der Waals surface area contributed by atoms with Crippen molar-refractivity contribution < 1.29 is 14.7 Å². The molecule has 0 aliphatic heterocycles. The summed E-state index contributed by atoms with van der Waals surface area (Å²) in [6, 6.07) is 12.1. The van der Waals surface area contributed by atoms with Gasteiger partial charge in [-0.05, 0) is 42.5 Å². The van der Waals surface area contributed by atoms with Crippen molar-refractivity contribution >= 4 is 29.2 Å². The van der Waals surface area contributed by atoms with Gasteiger partial charge in [-0.1, -0.05) is 11.6 Å². The molecule has 0 radical (unpaired) electrons. The second-order valence-corrected chi connectivity index (χ2v) is 4.55. The van der Waals surface area contributed by atoms with E-state index in [1.807, 2.05) is 6.07 Å². The standard InChI is InChI=1S/C15H9ClN2O3/c16-12-7-11(15(20)21)5-6-13(12)18-14(19)10-3-1-9(8-17)2-4-10/h1-7H,(H,18,19)(H,20,21). The van der Waals surface area contributed by atoms with Crippen LogP contribution in [0.15, 0.2) is 42.5 Å². The van der Waals surface area contributed by atoms with Crippen molar-refractivity contribution in [1.29, 1.82) is 5.26 Å². The Morgan fingerprint density at radius 1 is 1.10 bits per heavy atom. The molecule has 0 saturated carbocycles. The molecule has 5 nitrogen and oxygen atoms in total. The second kappa shape index (κ2) is 6.07. The van der Waals surface area contributed by atoms with Crippen LogP contribution in [0.2, 0.25) is 5.02 Å². The minimum Gasteiger partial charge on any atom is -0.478 e. The fourth-order valence-corrected chi connectivity index (χ4v) is 1.87. The zero-order valence-electron chi connectivity index (χ0n) is 10.6. The minimum atomic E-state index is -1.10. The summed E-state index contributed by atoms with van der Waals surface area (Å²) in [6.07, 6.45) is 0. The van der Waals surface area contributed by atoms with E-state index in [-0.39, 0.29) is 10.6 Å². The number of anilines is 1. The molecule has 0 aromatic heterocycles. The minimum absolute atomic E-state index is 0.0383. The highest BCUT2D eigenvalue weighted by atomic mass is 35.5. The van der Waals surface area contributed by atoms with E-state index in [4.69, 9.17) is 22.0 Å². The Bertz CT molecular complexity index is 749. The predicted molar refractivity (Wildman–Crippen MR) is 77.5 cm³/mol. The Labute approximate surface area is 125 Å². The van der Waals surface area contributed by atoms with Crippen LogP contribution in [0.5, 0.6) is 0 Å². The molecule has 0 atom stereocenters. The number of aromatic carboxylic acids is 1. The van der Waals surface area contributed by atoms with Crippen molar-refractivity contribution in [3.8, 4) is 6.07 Å². The molecule has 0 unspecified atom stereocenters. The summed E-state index contributed by atoms with van der Waals surface area (Å²) in [5.41, 5.74) is 1.18. The van der Waals surface area contributed by atoms with Crippen molar-refractivity contribution in [2.45, 2.75) is 0 Å². The summed E-state index contributed by atoms with van der Waals surface area (Å²) in [6.45, 7) is 0. The molecular formula is C15H9ClN2O3. The van der Waals surface area contributed by atoms with Gasteiger partial charge in [-0.25, -0.2) is 4.79 Å². The van der Waals surface area contributed by atoms with E-state index in [2.05, 4.69) is 5.32 Å². The number of nitrogens with one attached hydrogen (secondary N) is 1. The van der Waals surface area contributed by atoms with Crippen LogP contribution in [0, 0.1) is 11.3 Å². The van der Waals surface area contributed by atoms with Gasteiger partial charge in [0.25, 0.3) is 5.91 Å². The number of amides is 1. The van der Waals surface area contributed by atoms with E-state index < -0.39 is 11.9 Å². The summed E-state index contributed by atoms with van der Waals surface area (Å²) in [4.78, 5) is 22.8. The first-order valence-corrected chi connectivity index (χ1v) is 6.23. The molecule has 6 heteroatoms. The second-order valence-electron chi connectivity index (χ2n) is 4.14. The topological polar surface area (TPSA) is 90.2 Å². The molecule has 0 heterocycles. The van der Waals surface area contributed by atoms with Gasteiger partial charge in [-0.3, -0.25) is 4.79 Å². The number of carboxylic acids is 1. The number of carboxylic acid groups (broad SMARTS) is 1. The fourth-order valence-electron chi connectivity index (χ4n) is 1.64. The van der Waals surface area contributed by atoms with Crippen molar-refractivity contribution in [2.75, 3.05) is 5.32 Å². The number of hydrogen-bond acceptors (Lipinski definition) is 3. The van der Waals surface area contributed by atoms with Gasteiger partial charge in [-0.2, -0.15) is 5.26 Å².